The van der Waals surface area contributed by atoms with Crippen LogP contribution in [0.25, 0.3) is 0 Å². The number of urea groups is 1. The van der Waals surface area contributed by atoms with Crippen molar-refractivity contribution in [2.24, 2.45) is 0 Å². The number of hydrogen-bond acceptors (Lipinski definition) is 3. The Labute approximate surface area is 185 Å². The van der Waals surface area contributed by atoms with Crippen LogP contribution in [0.4, 0.5) is 10.5 Å². The maximum absolute atomic E-state index is 12.8. The lowest BCUT2D eigenvalue weighted by molar-refractivity contribution is 0.115. The van der Waals surface area contributed by atoms with Gasteiger partial charge in [0, 0.05) is 50.7 Å². The monoisotopic (exact) mass is 419 g/mol. The zero-order chi connectivity index (χ0) is 21.0. The molecule has 0 spiro atoms. The predicted molar refractivity (Wildman–Crippen MR) is 124 cm³/mol. The maximum Gasteiger partial charge on any atom is 0.321 e. The summed E-state index contributed by atoms with van der Waals surface area (Å²) in [7, 11) is 0. The average Bonchev–Trinajstić information content (AvgIpc) is 2.96. The number of amides is 2. The molecule has 2 aromatic carbocycles. The lowest BCUT2D eigenvalue weighted by Crippen LogP contribution is -2.43. The molecule has 0 unspecified atom stereocenters. The highest BCUT2D eigenvalue weighted by Crippen LogP contribution is 2.28. The fraction of sp³-hybridized carbons (Fsp3) is 0.500. The largest absolute Gasteiger partial charge is 0.490 e. The third-order valence-electron chi connectivity index (χ3n) is 7.16. The number of nitrogens with zero attached hydrogens (tertiary/aromatic N) is 2. The summed E-state index contributed by atoms with van der Waals surface area (Å²) < 4.78 is 6.05. The number of benzene rings is 2. The molecule has 31 heavy (non-hydrogen) atoms. The van der Waals surface area contributed by atoms with Gasteiger partial charge in [-0.25, -0.2) is 4.79 Å². The Bertz CT molecular complexity index is 889. The van der Waals surface area contributed by atoms with Crippen molar-refractivity contribution in [1.82, 2.24) is 9.80 Å². The van der Waals surface area contributed by atoms with Crippen LogP contribution in [0.1, 0.15) is 43.2 Å². The van der Waals surface area contributed by atoms with Crippen LogP contribution in [0.3, 0.4) is 0 Å². The Kier molecular flexibility index (Phi) is 6.12. The average molecular weight is 420 g/mol. The smallest absolute Gasteiger partial charge is 0.321 e. The molecule has 0 atom stereocenters. The van der Waals surface area contributed by atoms with Crippen LogP contribution in [-0.2, 0) is 12.8 Å². The SMILES string of the molecule is O=C(Nc1ccc2c(c1)CCN(C1CCC1)CC2)N1CCC(Oc2ccccc2)CC1. The highest BCUT2D eigenvalue weighted by atomic mass is 16.5. The van der Waals surface area contributed by atoms with Crippen LogP contribution in [0.15, 0.2) is 48.5 Å². The molecule has 3 aliphatic rings. The molecule has 2 aliphatic heterocycles. The first-order valence-corrected chi connectivity index (χ1v) is 11.9. The molecule has 5 heteroatoms. The van der Waals surface area contributed by atoms with Crippen molar-refractivity contribution in [3.63, 3.8) is 0 Å². The number of carbonyl (C=O) groups excluding carboxylic acids is 1. The van der Waals surface area contributed by atoms with E-state index in [1.54, 1.807) is 0 Å². The van der Waals surface area contributed by atoms with E-state index in [4.69, 9.17) is 4.74 Å². The number of ether oxygens (including phenoxy) is 1. The number of fused-ring (bicyclic) bond motifs is 1. The van der Waals surface area contributed by atoms with E-state index in [2.05, 4.69) is 28.4 Å². The molecule has 5 rings (SSSR count). The lowest BCUT2D eigenvalue weighted by atomic mass is 9.91. The van der Waals surface area contributed by atoms with Crippen molar-refractivity contribution < 1.29 is 9.53 Å². The van der Waals surface area contributed by atoms with E-state index in [1.807, 2.05) is 35.2 Å². The molecule has 1 saturated heterocycles. The molecule has 1 N–H and O–H groups in total. The molecule has 0 radical (unpaired) electrons. The van der Waals surface area contributed by atoms with E-state index in [0.717, 1.165) is 62.8 Å². The highest BCUT2D eigenvalue weighted by molar-refractivity contribution is 5.89. The summed E-state index contributed by atoms with van der Waals surface area (Å²) in [5.41, 5.74) is 3.76. The molecule has 164 valence electrons. The first kappa shape index (κ1) is 20.4. The van der Waals surface area contributed by atoms with Gasteiger partial charge in [0.1, 0.15) is 11.9 Å². The summed E-state index contributed by atoms with van der Waals surface area (Å²) in [6.07, 6.45) is 8.23. The van der Waals surface area contributed by atoms with Gasteiger partial charge in [-0.05, 0) is 61.1 Å². The van der Waals surface area contributed by atoms with Gasteiger partial charge in [-0.3, -0.25) is 4.90 Å². The van der Waals surface area contributed by atoms with E-state index in [0.29, 0.717) is 0 Å². The molecular formula is C26H33N3O2. The number of rotatable bonds is 4. The maximum atomic E-state index is 12.8. The Hall–Kier alpha value is -2.53. The van der Waals surface area contributed by atoms with Crippen molar-refractivity contribution >= 4 is 11.7 Å². The van der Waals surface area contributed by atoms with Crippen LogP contribution in [0.2, 0.25) is 0 Å². The zero-order valence-electron chi connectivity index (χ0n) is 18.3. The van der Waals surface area contributed by atoms with Gasteiger partial charge < -0.3 is 15.0 Å². The van der Waals surface area contributed by atoms with Crippen LogP contribution in [-0.4, -0.2) is 54.2 Å². The van der Waals surface area contributed by atoms with Gasteiger partial charge in [0.05, 0.1) is 0 Å². The van der Waals surface area contributed by atoms with E-state index in [-0.39, 0.29) is 12.1 Å². The molecule has 0 bridgehead atoms. The lowest BCUT2D eigenvalue weighted by Gasteiger charge is -2.36. The minimum Gasteiger partial charge on any atom is -0.490 e. The molecule has 1 saturated carbocycles. The number of hydrogen-bond donors (Lipinski definition) is 1. The minimum absolute atomic E-state index is 0.00262. The summed E-state index contributed by atoms with van der Waals surface area (Å²) in [5, 5.41) is 3.14. The van der Waals surface area contributed by atoms with Gasteiger partial charge in [-0.1, -0.05) is 30.7 Å². The molecule has 5 nitrogen and oxygen atoms in total. The predicted octanol–water partition coefficient (Wildman–Crippen LogP) is 4.72. The Morgan fingerprint density at radius 1 is 0.871 bits per heavy atom. The van der Waals surface area contributed by atoms with Gasteiger partial charge in [-0.15, -0.1) is 0 Å². The van der Waals surface area contributed by atoms with E-state index in [1.165, 1.54) is 36.9 Å². The molecular weight excluding hydrogens is 386 g/mol. The second-order valence-electron chi connectivity index (χ2n) is 9.15. The molecule has 2 heterocycles. The highest BCUT2D eigenvalue weighted by Gasteiger charge is 2.27. The number of piperidine rings is 1. The Morgan fingerprint density at radius 2 is 1.61 bits per heavy atom. The van der Waals surface area contributed by atoms with Crippen molar-refractivity contribution in [1.29, 1.82) is 0 Å². The summed E-state index contributed by atoms with van der Waals surface area (Å²) >= 11 is 0. The van der Waals surface area contributed by atoms with Crippen LogP contribution in [0, 0.1) is 0 Å². The van der Waals surface area contributed by atoms with Crippen LogP contribution < -0.4 is 10.1 Å². The summed E-state index contributed by atoms with van der Waals surface area (Å²) in [4.78, 5) is 17.4. The molecule has 2 aromatic rings. The third-order valence-corrected chi connectivity index (χ3v) is 7.16. The van der Waals surface area contributed by atoms with E-state index in [9.17, 15) is 4.79 Å². The normalized spacial score (nSPS) is 20.5. The number of anilines is 1. The molecule has 2 fully saturated rings. The molecule has 2 amide bonds. The van der Waals surface area contributed by atoms with Crippen molar-refractivity contribution in [3.8, 4) is 5.75 Å². The summed E-state index contributed by atoms with van der Waals surface area (Å²) in [6, 6.07) is 17.2. The minimum atomic E-state index is 0.00262. The van der Waals surface area contributed by atoms with Gasteiger partial charge >= 0.3 is 6.03 Å². The number of nitrogens with one attached hydrogen (secondary N) is 1. The van der Waals surface area contributed by atoms with Crippen LogP contribution in [0.5, 0.6) is 5.75 Å². The zero-order valence-corrected chi connectivity index (χ0v) is 18.3. The Morgan fingerprint density at radius 3 is 2.32 bits per heavy atom. The topological polar surface area (TPSA) is 44.8 Å². The third kappa shape index (κ3) is 4.87. The number of para-hydroxylation sites is 1. The second kappa shape index (κ2) is 9.31. The number of likely N-dealkylation sites (tertiary alicyclic amines) is 1. The van der Waals surface area contributed by atoms with Gasteiger partial charge in [0.15, 0.2) is 0 Å². The first-order chi connectivity index (χ1) is 15.2. The standard InChI is InChI=1S/C26H33N3O2/c30-26(29-17-13-25(14-18-29)31-24-7-2-1-3-8-24)27-22-10-9-20-11-15-28(23-5-4-6-23)16-12-21(20)19-22/h1-3,7-10,19,23,25H,4-6,11-18H2,(H,27,30). The fourth-order valence-electron chi connectivity index (χ4n) is 5.01. The van der Waals surface area contributed by atoms with Gasteiger partial charge in [0.25, 0.3) is 0 Å². The van der Waals surface area contributed by atoms with Crippen molar-refractivity contribution in [3.05, 3.63) is 59.7 Å². The summed E-state index contributed by atoms with van der Waals surface area (Å²) in [5.74, 6) is 0.909. The second-order valence-corrected chi connectivity index (χ2v) is 9.15. The quantitative estimate of drug-likeness (QED) is 0.780. The van der Waals surface area contributed by atoms with E-state index < -0.39 is 0 Å². The van der Waals surface area contributed by atoms with Crippen LogP contribution >= 0.6 is 0 Å². The fourth-order valence-corrected chi connectivity index (χ4v) is 5.01. The summed E-state index contributed by atoms with van der Waals surface area (Å²) in [6.45, 7) is 3.77. The van der Waals surface area contributed by atoms with Crippen molar-refractivity contribution in [2.75, 3.05) is 31.5 Å². The molecule has 0 aromatic heterocycles. The van der Waals surface area contributed by atoms with E-state index >= 15 is 0 Å². The van der Waals surface area contributed by atoms with Gasteiger partial charge in [-0.2, -0.15) is 0 Å². The van der Waals surface area contributed by atoms with Crippen molar-refractivity contribution in [2.45, 2.75) is 57.1 Å². The first-order valence-electron chi connectivity index (χ1n) is 11.9. The molecule has 1 aliphatic carbocycles. The Balaban J connectivity index is 1.13. The van der Waals surface area contributed by atoms with Gasteiger partial charge in [0.2, 0.25) is 0 Å². The number of carbonyl (C=O) groups is 1.